The molecule has 128 valence electrons. The maximum Gasteiger partial charge on any atom is 0.270 e. The minimum Gasteiger partial charge on any atom is -0.457 e. The van der Waals surface area contributed by atoms with Gasteiger partial charge in [0.1, 0.15) is 11.5 Å². The minimum absolute atomic E-state index is 0.0757. The van der Waals surface area contributed by atoms with Crippen molar-refractivity contribution in [2.75, 3.05) is 0 Å². The number of nitrogens with zero attached hydrogens (tertiary/aromatic N) is 2. The Morgan fingerprint density at radius 3 is 2.73 bits per heavy atom. The summed E-state index contributed by atoms with van der Waals surface area (Å²) >= 11 is 9.43. The van der Waals surface area contributed by atoms with Gasteiger partial charge in [0.2, 0.25) is 0 Å². The summed E-state index contributed by atoms with van der Waals surface area (Å²) in [6, 6.07) is 16.9. The fourth-order valence-corrected chi connectivity index (χ4v) is 2.77. The van der Waals surface area contributed by atoms with Crippen molar-refractivity contribution in [1.29, 1.82) is 5.26 Å². The number of non-ortho nitro benzene ring substituents is 1. The molecule has 0 fully saturated rings. The van der Waals surface area contributed by atoms with E-state index in [1.165, 1.54) is 18.2 Å². The van der Waals surface area contributed by atoms with Crippen LogP contribution in [0.1, 0.15) is 11.3 Å². The van der Waals surface area contributed by atoms with E-state index in [1.54, 1.807) is 30.3 Å². The van der Waals surface area contributed by atoms with E-state index >= 15 is 0 Å². The van der Waals surface area contributed by atoms with Crippen molar-refractivity contribution in [3.8, 4) is 17.4 Å². The Morgan fingerprint density at radius 2 is 2.04 bits per heavy atom. The predicted octanol–water partition coefficient (Wildman–Crippen LogP) is 6.33. The summed E-state index contributed by atoms with van der Waals surface area (Å²) in [4.78, 5) is 10.4. The first-order valence-corrected chi connectivity index (χ1v) is 8.57. The van der Waals surface area contributed by atoms with Crippen molar-refractivity contribution < 1.29 is 9.34 Å². The van der Waals surface area contributed by atoms with Crippen molar-refractivity contribution in [2.24, 2.45) is 0 Å². The van der Waals surface area contributed by atoms with Gasteiger partial charge in [0.05, 0.1) is 21.6 Å². The van der Waals surface area contributed by atoms with E-state index in [9.17, 15) is 15.4 Å². The number of hydrogen-bond donors (Lipinski definition) is 0. The SMILES string of the molecule is N#CC(=Cc1ccc(-c2ccc(Br)c(Cl)c2)o1)c1cccc([N+](=O)[O-])c1. The molecule has 3 rings (SSSR count). The number of benzene rings is 2. The number of rotatable bonds is 4. The number of nitriles is 1. The highest BCUT2D eigenvalue weighted by molar-refractivity contribution is 9.10. The van der Waals surface area contributed by atoms with E-state index in [-0.39, 0.29) is 11.3 Å². The average molecular weight is 430 g/mol. The van der Waals surface area contributed by atoms with Crippen LogP contribution in [0, 0.1) is 21.4 Å². The Bertz CT molecular complexity index is 1070. The van der Waals surface area contributed by atoms with E-state index in [1.807, 2.05) is 18.2 Å². The number of nitro benzene ring substituents is 1. The standard InChI is InChI=1S/C19H10BrClN2O3/c20-17-6-4-13(10-18(17)21)19-7-5-16(26-19)9-14(11-22)12-2-1-3-15(8-12)23(24)25/h1-10H. The lowest BCUT2D eigenvalue weighted by molar-refractivity contribution is -0.384. The lowest BCUT2D eigenvalue weighted by Crippen LogP contribution is -1.89. The van der Waals surface area contributed by atoms with Gasteiger partial charge in [-0.05, 0) is 51.8 Å². The summed E-state index contributed by atoms with van der Waals surface area (Å²) in [5, 5.41) is 20.9. The van der Waals surface area contributed by atoms with Gasteiger partial charge in [-0.1, -0.05) is 29.8 Å². The summed E-state index contributed by atoms with van der Waals surface area (Å²) in [5.41, 5.74) is 1.44. The second-order valence-corrected chi connectivity index (χ2v) is 6.57. The molecule has 0 radical (unpaired) electrons. The monoisotopic (exact) mass is 428 g/mol. The van der Waals surface area contributed by atoms with Gasteiger partial charge in [0.25, 0.3) is 5.69 Å². The zero-order valence-electron chi connectivity index (χ0n) is 13.1. The number of nitro groups is 1. The Morgan fingerprint density at radius 1 is 1.23 bits per heavy atom. The molecule has 5 nitrogen and oxygen atoms in total. The molecule has 7 heteroatoms. The molecule has 0 saturated carbocycles. The Labute approximate surface area is 162 Å². The first-order valence-electron chi connectivity index (χ1n) is 7.40. The normalized spacial score (nSPS) is 11.2. The van der Waals surface area contributed by atoms with E-state index in [0.717, 1.165) is 10.0 Å². The number of hydrogen-bond acceptors (Lipinski definition) is 4. The largest absolute Gasteiger partial charge is 0.457 e. The fourth-order valence-electron chi connectivity index (χ4n) is 2.34. The van der Waals surface area contributed by atoms with Crippen molar-refractivity contribution in [3.05, 3.63) is 85.5 Å². The first kappa shape index (κ1) is 17.9. The van der Waals surface area contributed by atoms with Crippen LogP contribution >= 0.6 is 27.5 Å². The molecule has 0 bridgehead atoms. The van der Waals surface area contributed by atoms with Crippen LogP contribution in [0.2, 0.25) is 5.02 Å². The second-order valence-electron chi connectivity index (χ2n) is 5.31. The summed E-state index contributed by atoms with van der Waals surface area (Å²) in [6.07, 6.45) is 1.54. The molecule has 0 aliphatic carbocycles. The lowest BCUT2D eigenvalue weighted by atomic mass is 10.1. The van der Waals surface area contributed by atoms with Crippen LogP contribution in [0.15, 0.2) is 63.5 Å². The van der Waals surface area contributed by atoms with E-state index < -0.39 is 4.92 Å². The highest BCUT2D eigenvalue weighted by atomic mass is 79.9. The molecule has 1 aromatic heterocycles. The third-order valence-corrected chi connectivity index (χ3v) is 4.84. The van der Waals surface area contributed by atoms with Gasteiger partial charge < -0.3 is 4.42 Å². The van der Waals surface area contributed by atoms with Crippen LogP contribution in [0.4, 0.5) is 5.69 Å². The number of furan rings is 1. The molecule has 0 spiro atoms. The van der Waals surface area contributed by atoms with Crippen molar-refractivity contribution in [3.63, 3.8) is 0 Å². The molecule has 0 amide bonds. The zero-order chi connectivity index (χ0) is 18.7. The fraction of sp³-hybridized carbons (Fsp3) is 0. The molecule has 0 N–H and O–H groups in total. The van der Waals surface area contributed by atoms with Gasteiger partial charge in [0.15, 0.2) is 0 Å². The van der Waals surface area contributed by atoms with Crippen molar-refractivity contribution >= 4 is 44.9 Å². The molecule has 26 heavy (non-hydrogen) atoms. The summed E-state index contributed by atoms with van der Waals surface area (Å²) in [7, 11) is 0. The molecule has 0 saturated heterocycles. The maximum atomic E-state index is 10.9. The number of halogens is 2. The van der Waals surface area contributed by atoms with E-state index in [4.69, 9.17) is 16.0 Å². The summed E-state index contributed by atoms with van der Waals surface area (Å²) in [5.74, 6) is 1.06. The molecular weight excluding hydrogens is 420 g/mol. The summed E-state index contributed by atoms with van der Waals surface area (Å²) in [6.45, 7) is 0. The van der Waals surface area contributed by atoms with Gasteiger partial charge in [-0.2, -0.15) is 5.26 Å². The van der Waals surface area contributed by atoms with Crippen LogP contribution < -0.4 is 0 Å². The summed E-state index contributed by atoms with van der Waals surface area (Å²) < 4.78 is 6.55. The molecule has 0 atom stereocenters. The highest BCUT2D eigenvalue weighted by Gasteiger charge is 2.11. The van der Waals surface area contributed by atoms with Gasteiger partial charge in [-0.15, -0.1) is 0 Å². The van der Waals surface area contributed by atoms with Crippen LogP contribution in [-0.4, -0.2) is 4.92 Å². The van der Waals surface area contributed by atoms with Crippen LogP contribution in [0.5, 0.6) is 0 Å². The molecule has 1 heterocycles. The van der Waals surface area contributed by atoms with E-state index in [2.05, 4.69) is 15.9 Å². The van der Waals surface area contributed by atoms with Gasteiger partial charge in [-0.25, -0.2) is 0 Å². The Kier molecular flexibility index (Phi) is 5.21. The van der Waals surface area contributed by atoms with Crippen LogP contribution in [-0.2, 0) is 0 Å². The molecule has 3 aromatic rings. The molecule has 0 aliphatic heterocycles. The Hall–Kier alpha value is -2.88. The first-order chi connectivity index (χ1) is 12.5. The Balaban J connectivity index is 1.95. The van der Waals surface area contributed by atoms with Crippen LogP contribution in [0.3, 0.4) is 0 Å². The maximum absolute atomic E-state index is 10.9. The van der Waals surface area contributed by atoms with Gasteiger partial charge >= 0.3 is 0 Å². The predicted molar refractivity (Wildman–Crippen MR) is 103 cm³/mol. The van der Waals surface area contributed by atoms with Crippen molar-refractivity contribution in [1.82, 2.24) is 0 Å². The number of allylic oxidation sites excluding steroid dienone is 1. The molecular formula is C19H10BrClN2O3. The highest BCUT2D eigenvalue weighted by Crippen LogP contribution is 2.31. The van der Waals surface area contributed by atoms with Crippen molar-refractivity contribution in [2.45, 2.75) is 0 Å². The van der Waals surface area contributed by atoms with Gasteiger partial charge in [0, 0.05) is 22.2 Å². The topological polar surface area (TPSA) is 80.1 Å². The quantitative estimate of drug-likeness (QED) is 0.275. The zero-order valence-corrected chi connectivity index (χ0v) is 15.5. The van der Waals surface area contributed by atoms with Gasteiger partial charge in [-0.3, -0.25) is 10.1 Å². The third-order valence-electron chi connectivity index (χ3n) is 3.61. The minimum atomic E-state index is -0.499. The average Bonchev–Trinajstić information content (AvgIpc) is 3.10. The second kappa shape index (κ2) is 7.56. The molecule has 2 aromatic carbocycles. The van der Waals surface area contributed by atoms with E-state index in [0.29, 0.717) is 22.1 Å². The smallest absolute Gasteiger partial charge is 0.270 e. The lowest BCUT2D eigenvalue weighted by Gasteiger charge is -2.00. The molecule has 0 aliphatic rings. The molecule has 0 unspecified atom stereocenters. The third kappa shape index (κ3) is 3.85. The van der Waals surface area contributed by atoms with Crippen LogP contribution in [0.25, 0.3) is 23.0 Å².